The van der Waals surface area contributed by atoms with E-state index in [1.807, 2.05) is 0 Å². The maximum Gasteiger partial charge on any atom is 0.329 e. The molecule has 8 aromatic carbocycles. The van der Waals surface area contributed by atoms with Crippen LogP contribution in [0, 0.1) is 0 Å². The Balaban J connectivity index is 1.18. The van der Waals surface area contributed by atoms with Gasteiger partial charge in [-0.2, -0.15) is 0 Å². The Morgan fingerprint density at radius 1 is 0.528 bits per heavy atom. The van der Waals surface area contributed by atoms with Crippen LogP contribution in [0.5, 0.6) is 0 Å². The summed E-state index contributed by atoms with van der Waals surface area (Å²) in [6, 6.07) is 65.0. The van der Waals surface area contributed by atoms with Crippen molar-refractivity contribution in [2.24, 2.45) is 0 Å². The molecule has 1 aromatic heterocycles. The van der Waals surface area contributed by atoms with Gasteiger partial charge in [0, 0.05) is 40.2 Å². The summed E-state index contributed by atoms with van der Waals surface area (Å²) in [6.45, 7) is -0.00743. The molecule has 0 radical (unpaired) electrons. The van der Waals surface area contributed by atoms with Gasteiger partial charge in [-0.3, -0.25) is 0 Å². The van der Waals surface area contributed by atoms with E-state index in [2.05, 4.69) is 181 Å². The number of anilines is 2. The molecule has 0 bridgehead atoms. The van der Waals surface area contributed by atoms with Gasteiger partial charge >= 0.3 is 6.85 Å². The molecule has 1 atom stereocenters. The van der Waals surface area contributed by atoms with Crippen LogP contribution in [0.2, 0.25) is 0 Å². The molecule has 2 aliphatic heterocycles. The van der Waals surface area contributed by atoms with Crippen LogP contribution in [0.25, 0.3) is 66.2 Å². The van der Waals surface area contributed by atoms with Crippen LogP contribution in [-0.4, -0.2) is 6.85 Å². The van der Waals surface area contributed by atoms with E-state index in [1.54, 1.807) is 0 Å². The quantitative estimate of drug-likeness (QED) is 0.174. The lowest BCUT2D eigenvalue weighted by Gasteiger charge is -2.46. The molecular formula is C50H32BNO. The van der Waals surface area contributed by atoms with Gasteiger partial charge in [-0.05, 0) is 103 Å². The van der Waals surface area contributed by atoms with E-state index in [-0.39, 0.29) is 12.8 Å². The van der Waals surface area contributed by atoms with E-state index < -0.39 is 0 Å². The van der Waals surface area contributed by atoms with Gasteiger partial charge in [0.05, 0.1) is 0 Å². The maximum absolute atomic E-state index is 6.70. The first kappa shape index (κ1) is 29.0. The Hall–Kier alpha value is -6.58. The molecule has 0 saturated carbocycles. The van der Waals surface area contributed by atoms with Crippen molar-refractivity contribution in [3.63, 3.8) is 0 Å². The molecule has 53 heavy (non-hydrogen) atoms. The van der Waals surface area contributed by atoms with Crippen molar-refractivity contribution in [1.82, 2.24) is 0 Å². The first-order valence-electron chi connectivity index (χ1n) is 18.6. The standard InChI is InChI=1S/C50H32BNO/c1-3-12-31(13-4-1)33-22-24-37(25-23-33)52-45-29-35-17-8-7-16-34(35)26-40(45)42-27-36(32-14-5-2-6-15-32)28-43-41-30-47-49(38-18-9-10-21-46(38)53-47)39-19-11-20-44(48(39)41)51(52)50(42)43/h1-29,41H,30H2. The number of benzene rings is 8. The molecule has 246 valence electrons. The average Bonchev–Trinajstić information content (AvgIpc) is 3.61. The Morgan fingerprint density at radius 2 is 1.21 bits per heavy atom. The first-order chi connectivity index (χ1) is 26.3. The zero-order valence-electron chi connectivity index (χ0n) is 29.0. The minimum atomic E-state index is -0.00743. The van der Waals surface area contributed by atoms with Crippen LogP contribution in [0.3, 0.4) is 0 Å². The number of furan rings is 1. The fraction of sp³-hybridized carbons (Fsp3) is 0.0400. The molecule has 12 rings (SSSR count). The smallest absolute Gasteiger partial charge is 0.329 e. The SMILES string of the molecule is c1ccc(-c2ccc(N3B4c5cccc6c5C(Cc5oc7ccccc7c5-6)c5cc(-c6ccccc6)cc(c54)-c4cc5ccccc5cc43)cc2)cc1. The monoisotopic (exact) mass is 673 g/mol. The minimum Gasteiger partial charge on any atom is -0.460 e. The number of para-hydroxylation sites is 1. The van der Waals surface area contributed by atoms with Gasteiger partial charge in [0.1, 0.15) is 11.3 Å². The Morgan fingerprint density at radius 3 is 2.00 bits per heavy atom. The van der Waals surface area contributed by atoms with Crippen LogP contribution in [0.15, 0.2) is 180 Å². The third-order valence-corrected chi connectivity index (χ3v) is 12.0. The summed E-state index contributed by atoms with van der Waals surface area (Å²) in [5.41, 5.74) is 19.2. The lowest BCUT2D eigenvalue weighted by atomic mass is 9.39. The minimum absolute atomic E-state index is 0.00743. The van der Waals surface area contributed by atoms with Crippen molar-refractivity contribution in [3.8, 4) is 44.5 Å². The van der Waals surface area contributed by atoms with Gasteiger partial charge < -0.3 is 9.23 Å². The molecule has 0 amide bonds. The number of nitrogens with zero attached hydrogens (tertiary/aromatic N) is 1. The molecule has 3 heteroatoms. The largest absolute Gasteiger partial charge is 0.460 e. The van der Waals surface area contributed by atoms with Crippen molar-refractivity contribution in [2.75, 3.05) is 4.81 Å². The van der Waals surface area contributed by atoms with Crippen LogP contribution >= 0.6 is 0 Å². The van der Waals surface area contributed by atoms with Crippen LogP contribution in [0.1, 0.15) is 22.8 Å². The Kier molecular flexibility index (Phi) is 6.01. The zero-order chi connectivity index (χ0) is 34.6. The van der Waals surface area contributed by atoms with Gasteiger partial charge in [0.2, 0.25) is 0 Å². The summed E-state index contributed by atoms with van der Waals surface area (Å²) in [5, 5.41) is 3.71. The highest BCUT2D eigenvalue weighted by Crippen LogP contribution is 2.52. The van der Waals surface area contributed by atoms with Gasteiger partial charge in [0.25, 0.3) is 0 Å². The van der Waals surface area contributed by atoms with E-state index in [0.29, 0.717) is 0 Å². The molecule has 1 unspecified atom stereocenters. The summed E-state index contributed by atoms with van der Waals surface area (Å²) in [6.07, 6.45) is 0.835. The normalized spacial score (nSPS) is 14.8. The zero-order valence-corrected chi connectivity index (χ0v) is 29.0. The third-order valence-electron chi connectivity index (χ3n) is 12.0. The molecule has 1 aliphatic carbocycles. The molecule has 3 aliphatic rings. The molecule has 0 saturated heterocycles. The summed E-state index contributed by atoms with van der Waals surface area (Å²) < 4.78 is 6.70. The predicted molar refractivity (Wildman–Crippen MR) is 221 cm³/mol. The van der Waals surface area contributed by atoms with Crippen molar-refractivity contribution in [1.29, 1.82) is 0 Å². The second kappa shape index (κ2) is 11.0. The van der Waals surface area contributed by atoms with Crippen molar-refractivity contribution in [2.45, 2.75) is 12.3 Å². The molecule has 0 fully saturated rings. The van der Waals surface area contributed by atoms with E-state index in [4.69, 9.17) is 4.42 Å². The topological polar surface area (TPSA) is 16.4 Å². The summed E-state index contributed by atoms with van der Waals surface area (Å²) in [7, 11) is 0. The molecule has 9 aromatic rings. The average molecular weight is 674 g/mol. The van der Waals surface area contributed by atoms with E-state index in [1.165, 1.54) is 94.1 Å². The number of hydrogen-bond acceptors (Lipinski definition) is 2. The van der Waals surface area contributed by atoms with Crippen LogP contribution in [0.4, 0.5) is 11.4 Å². The van der Waals surface area contributed by atoms with Crippen LogP contribution in [-0.2, 0) is 6.42 Å². The Bertz CT molecular complexity index is 2930. The second-order valence-corrected chi connectivity index (χ2v) is 14.8. The fourth-order valence-corrected chi connectivity index (χ4v) is 9.75. The van der Waals surface area contributed by atoms with Gasteiger partial charge in [-0.15, -0.1) is 0 Å². The fourth-order valence-electron chi connectivity index (χ4n) is 9.75. The molecule has 3 heterocycles. The van der Waals surface area contributed by atoms with Crippen molar-refractivity contribution < 1.29 is 4.42 Å². The third kappa shape index (κ3) is 4.16. The van der Waals surface area contributed by atoms with Gasteiger partial charge in [-0.1, -0.05) is 140 Å². The number of hydrogen-bond donors (Lipinski definition) is 0. The highest BCUT2D eigenvalue weighted by atomic mass is 16.3. The van der Waals surface area contributed by atoms with Gasteiger partial charge in [0.15, 0.2) is 0 Å². The summed E-state index contributed by atoms with van der Waals surface area (Å²) >= 11 is 0. The highest BCUT2D eigenvalue weighted by Gasteiger charge is 2.48. The highest BCUT2D eigenvalue weighted by molar-refractivity contribution is 6.92. The predicted octanol–water partition coefficient (Wildman–Crippen LogP) is 11.5. The van der Waals surface area contributed by atoms with E-state index in [0.717, 1.165) is 17.8 Å². The molecule has 2 nitrogen and oxygen atoms in total. The van der Waals surface area contributed by atoms with Crippen molar-refractivity contribution >= 4 is 50.9 Å². The van der Waals surface area contributed by atoms with Crippen molar-refractivity contribution in [3.05, 3.63) is 193 Å². The maximum atomic E-state index is 6.70. The second-order valence-electron chi connectivity index (χ2n) is 14.8. The van der Waals surface area contributed by atoms with E-state index >= 15 is 0 Å². The molecule has 0 spiro atoms. The number of fused-ring (bicyclic) bond motifs is 9. The summed E-state index contributed by atoms with van der Waals surface area (Å²) in [4.78, 5) is 2.64. The summed E-state index contributed by atoms with van der Waals surface area (Å²) in [5.74, 6) is 1.26. The van der Waals surface area contributed by atoms with E-state index in [9.17, 15) is 0 Å². The Labute approximate surface area is 308 Å². The van der Waals surface area contributed by atoms with Gasteiger partial charge in [-0.25, -0.2) is 0 Å². The van der Waals surface area contributed by atoms with Crippen LogP contribution < -0.4 is 15.7 Å². The first-order valence-corrected chi connectivity index (χ1v) is 18.6. The lowest BCUT2D eigenvalue weighted by Crippen LogP contribution is -2.62. The lowest BCUT2D eigenvalue weighted by molar-refractivity contribution is 0.531. The molecular weight excluding hydrogens is 641 g/mol. The molecule has 0 N–H and O–H groups in total. The number of rotatable bonds is 3.